The van der Waals surface area contributed by atoms with E-state index in [1.165, 1.54) is 11.8 Å². The number of halogens is 1. The van der Waals surface area contributed by atoms with Gasteiger partial charge in [0.15, 0.2) is 5.17 Å². The molecule has 0 aliphatic carbocycles. The quantitative estimate of drug-likeness (QED) is 0.667. The second kappa shape index (κ2) is 6.90. The first-order valence-electron chi connectivity index (χ1n) is 6.04. The minimum absolute atomic E-state index is 0.0415. The first-order valence-corrected chi connectivity index (χ1v) is 7.82. The number of amides is 1. The summed E-state index contributed by atoms with van der Waals surface area (Å²) in [5, 5.41) is 11.1. The number of amidine groups is 1. The van der Waals surface area contributed by atoms with Crippen LogP contribution in [0.5, 0.6) is 5.75 Å². The summed E-state index contributed by atoms with van der Waals surface area (Å²) in [6, 6.07) is 5.69. The minimum Gasteiger partial charge on any atom is -0.490 e. The summed E-state index contributed by atoms with van der Waals surface area (Å²) in [7, 11) is 0. The Morgan fingerprint density at radius 3 is 2.95 bits per heavy atom. The highest BCUT2D eigenvalue weighted by Gasteiger charge is 2.15. The maximum Gasteiger partial charge on any atom is 0.236 e. The van der Waals surface area contributed by atoms with Gasteiger partial charge in [-0.15, -0.1) is 5.10 Å². The van der Waals surface area contributed by atoms with Crippen molar-refractivity contribution in [2.24, 2.45) is 10.2 Å². The van der Waals surface area contributed by atoms with Gasteiger partial charge in [0, 0.05) is 0 Å². The van der Waals surface area contributed by atoms with Crippen LogP contribution in [0.25, 0.3) is 0 Å². The molecule has 1 fully saturated rings. The van der Waals surface area contributed by atoms with Gasteiger partial charge in [0.1, 0.15) is 5.75 Å². The molecular formula is C13H14BrN3O2S. The van der Waals surface area contributed by atoms with Gasteiger partial charge >= 0.3 is 0 Å². The van der Waals surface area contributed by atoms with Crippen molar-refractivity contribution in [2.45, 2.75) is 20.0 Å². The fourth-order valence-electron chi connectivity index (χ4n) is 1.47. The second-order valence-corrected chi connectivity index (χ2v) is 6.16. The highest BCUT2D eigenvalue weighted by atomic mass is 79.9. The summed E-state index contributed by atoms with van der Waals surface area (Å²) >= 11 is 4.78. The SMILES string of the molecule is CC(C)Oc1cc(C=NN=C2NC(=O)CS2)ccc1Br. The maximum absolute atomic E-state index is 11.0. The average molecular weight is 356 g/mol. The molecule has 1 aliphatic rings. The Labute approximate surface area is 130 Å². The highest BCUT2D eigenvalue weighted by Crippen LogP contribution is 2.26. The number of hydrogen-bond donors (Lipinski definition) is 1. The van der Waals surface area contributed by atoms with Gasteiger partial charge in [-0.25, -0.2) is 0 Å². The zero-order valence-electron chi connectivity index (χ0n) is 11.1. The fourth-order valence-corrected chi connectivity index (χ4v) is 2.44. The molecule has 1 aromatic carbocycles. The van der Waals surface area contributed by atoms with Gasteiger partial charge in [-0.1, -0.05) is 17.8 Å². The summed E-state index contributed by atoms with van der Waals surface area (Å²) in [6.07, 6.45) is 1.72. The molecule has 1 heterocycles. The minimum atomic E-state index is -0.0415. The molecule has 1 saturated heterocycles. The van der Waals surface area contributed by atoms with Gasteiger partial charge in [0.05, 0.1) is 22.5 Å². The van der Waals surface area contributed by atoms with Gasteiger partial charge in [-0.3, -0.25) is 4.79 Å². The molecule has 0 radical (unpaired) electrons. The number of carbonyl (C=O) groups excluding carboxylic acids is 1. The Morgan fingerprint density at radius 1 is 1.50 bits per heavy atom. The number of hydrogen-bond acceptors (Lipinski definition) is 5. The van der Waals surface area contributed by atoms with Gasteiger partial charge in [-0.05, 0) is 47.5 Å². The lowest BCUT2D eigenvalue weighted by molar-refractivity contribution is -0.116. The lowest BCUT2D eigenvalue weighted by Gasteiger charge is -2.11. The van der Waals surface area contributed by atoms with Gasteiger partial charge < -0.3 is 10.1 Å². The summed E-state index contributed by atoms with van der Waals surface area (Å²) < 4.78 is 6.57. The number of nitrogens with zero attached hydrogens (tertiary/aromatic N) is 2. The van der Waals surface area contributed by atoms with E-state index in [4.69, 9.17) is 4.74 Å². The number of nitrogens with one attached hydrogen (secondary N) is 1. The van der Waals surface area contributed by atoms with Crippen LogP contribution in [0.3, 0.4) is 0 Å². The molecule has 0 aromatic heterocycles. The van der Waals surface area contributed by atoms with Crippen LogP contribution in [0.4, 0.5) is 0 Å². The third kappa shape index (κ3) is 4.35. The summed E-state index contributed by atoms with van der Waals surface area (Å²) in [5.41, 5.74) is 0.877. The lowest BCUT2D eigenvalue weighted by Crippen LogP contribution is -2.19. The van der Waals surface area contributed by atoms with Crippen LogP contribution in [-0.2, 0) is 4.79 Å². The highest BCUT2D eigenvalue weighted by molar-refractivity contribution is 9.10. The standard InChI is InChI=1S/C13H14BrN3O2S/c1-8(2)19-11-5-9(3-4-10(11)14)6-15-17-13-16-12(18)7-20-13/h3-6,8H,7H2,1-2H3,(H,16,17,18). The Hall–Kier alpha value is -1.34. The predicted molar refractivity (Wildman–Crippen MR) is 85.5 cm³/mol. The Balaban J connectivity index is 2.07. The third-order valence-electron chi connectivity index (χ3n) is 2.26. The second-order valence-electron chi connectivity index (χ2n) is 4.34. The summed E-state index contributed by atoms with van der Waals surface area (Å²) in [4.78, 5) is 11.0. The zero-order chi connectivity index (χ0) is 14.5. The number of benzene rings is 1. The maximum atomic E-state index is 11.0. The van der Waals surface area contributed by atoms with Gasteiger partial charge in [0.2, 0.25) is 5.91 Å². The molecule has 0 saturated carbocycles. The third-order valence-corrected chi connectivity index (χ3v) is 3.78. The van der Waals surface area contributed by atoms with E-state index in [1.807, 2.05) is 32.0 Å². The van der Waals surface area contributed by atoms with E-state index in [0.717, 1.165) is 15.8 Å². The van der Waals surface area contributed by atoms with E-state index in [0.29, 0.717) is 10.9 Å². The molecule has 1 aliphatic heterocycles. The van der Waals surface area contributed by atoms with Crippen molar-refractivity contribution in [3.05, 3.63) is 28.2 Å². The Morgan fingerprint density at radius 2 is 2.30 bits per heavy atom. The number of ether oxygens (including phenoxy) is 1. The first kappa shape index (κ1) is 15.1. The van der Waals surface area contributed by atoms with Crippen LogP contribution in [0.15, 0.2) is 32.9 Å². The van der Waals surface area contributed by atoms with Crippen molar-refractivity contribution < 1.29 is 9.53 Å². The molecule has 2 rings (SSSR count). The average Bonchev–Trinajstić information content (AvgIpc) is 2.78. The van der Waals surface area contributed by atoms with E-state index in [-0.39, 0.29) is 12.0 Å². The van der Waals surface area contributed by atoms with Crippen LogP contribution in [0, 0.1) is 0 Å². The number of rotatable bonds is 4. The van der Waals surface area contributed by atoms with Crippen LogP contribution < -0.4 is 10.1 Å². The molecule has 0 bridgehead atoms. The molecule has 1 N–H and O–H groups in total. The van der Waals surface area contributed by atoms with Gasteiger partial charge in [0.25, 0.3) is 0 Å². The molecule has 7 heteroatoms. The molecule has 0 spiro atoms. The van der Waals surface area contributed by atoms with Crippen LogP contribution in [0.2, 0.25) is 0 Å². The van der Waals surface area contributed by atoms with Gasteiger partial charge in [-0.2, -0.15) is 5.10 Å². The fraction of sp³-hybridized carbons (Fsp3) is 0.308. The first-order chi connectivity index (χ1) is 9.54. The van der Waals surface area contributed by atoms with Crippen molar-refractivity contribution in [1.29, 1.82) is 0 Å². The van der Waals surface area contributed by atoms with Crippen LogP contribution >= 0.6 is 27.7 Å². The molecule has 5 nitrogen and oxygen atoms in total. The summed E-state index contributed by atoms with van der Waals surface area (Å²) in [5.74, 6) is 1.12. The van der Waals surface area contributed by atoms with E-state index in [1.54, 1.807) is 6.21 Å². The normalized spacial score (nSPS) is 17.2. The molecule has 20 heavy (non-hydrogen) atoms. The monoisotopic (exact) mass is 355 g/mol. The predicted octanol–water partition coefficient (Wildman–Crippen LogP) is 2.79. The Kier molecular flexibility index (Phi) is 5.19. The van der Waals surface area contributed by atoms with Crippen LogP contribution in [-0.4, -0.2) is 29.1 Å². The number of thioether (sulfide) groups is 1. The molecule has 1 aromatic rings. The molecule has 106 valence electrons. The van der Waals surface area contributed by atoms with E-state index < -0.39 is 0 Å². The smallest absolute Gasteiger partial charge is 0.236 e. The van der Waals surface area contributed by atoms with Crippen molar-refractivity contribution in [3.63, 3.8) is 0 Å². The van der Waals surface area contributed by atoms with E-state index in [9.17, 15) is 4.79 Å². The zero-order valence-corrected chi connectivity index (χ0v) is 13.5. The molecular weight excluding hydrogens is 342 g/mol. The van der Waals surface area contributed by atoms with Crippen molar-refractivity contribution in [2.75, 3.05) is 5.75 Å². The topological polar surface area (TPSA) is 63.1 Å². The van der Waals surface area contributed by atoms with Crippen molar-refractivity contribution >= 4 is 45.0 Å². The van der Waals surface area contributed by atoms with Crippen LogP contribution in [0.1, 0.15) is 19.4 Å². The molecule has 0 unspecified atom stereocenters. The van der Waals surface area contributed by atoms with Crippen molar-refractivity contribution in [3.8, 4) is 5.75 Å². The largest absolute Gasteiger partial charge is 0.490 e. The van der Waals surface area contributed by atoms with E-state index >= 15 is 0 Å². The molecule has 0 atom stereocenters. The summed E-state index contributed by atoms with van der Waals surface area (Å²) in [6.45, 7) is 3.94. The Bertz CT molecular complexity index is 573. The number of carbonyl (C=O) groups is 1. The van der Waals surface area contributed by atoms with E-state index in [2.05, 4.69) is 31.4 Å². The lowest BCUT2D eigenvalue weighted by atomic mass is 10.2. The molecule has 1 amide bonds. The van der Waals surface area contributed by atoms with Crippen molar-refractivity contribution in [1.82, 2.24) is 5.32 Å².